The molecule has 2 aromatic rings. The number of anilines is 1. The second kappa shape index (κ2) is 7.86. The third-order valence-electron chi connectivity index (χ3n) is 6.66. The number of ether oxygens (including phenoxy) is 1. The van der Waals surface area contributed by atoms with E-state index in [4.69, 9.17) is 9.15 Å². The van der Waals surface area contributed by atoms with Gasteiger partial charge in [0.15, 0.2) is 17.1 Å². The number of fused-ring (bicyclic) bond motifs is 2. The number of Topliss-reactive ketones (excluding diaryl/α,β-unsaturated/α-hetero) is 1. The van der Waals surface area contributed by atoms with E-state index in [-0.39, 0.29) is 17.9 Å². The summed E-state index contributed by atoms with van der Waals surface area (Å²) in [5, 5.41) is 11.0. The fourth-order valence-corrected chi connectivity index (χ4v) is 5.02. The van der Waals surface area contributed by atoms with Crippen LogP contribution in [0.5, 0.6) is 0 Å². The van der Waals surface area contributed by atoms with E-state index in [9.17, 15) is 19.5 Å². The molecule has 1 saturated heterocycles. The molecule has 1 aromatic carbocycles. The highest BCUT2D eigenvalue weighted by Crippen LogP contribution is 2.52. The van der Waals surface area contributed by atoms with E-state index in [0.717, 1.165) is 0 Å². The number of aliphatic hydroxyl groups excluding tert-OH is 1. The van der Waals surface area contributed by atoms with Crippen molar-refractivity contribution >= 4 is 23.3 Å². The quantitative estimate of drug-likeness (QED) is 0.689. The number of carbonyl (C=O) groups is 3. The first-order valence-electron chi connectivity index (χ1n) is 10.9. The molecule has 9 heteroatoms. The van der Waals surface area contributed by atoms with Gasteiger partial charge in [0.1, 0.15) is 5.76 Å². The minimum atomic E-state index is -1.75. The van der Waals surface area contributed by atoms with Gasteiger partial charge in [-0.05, 0) is 25.1 Å². The number of benzene rings is 1. The summed E-state index contributed by atoms with van der Waals surface area (Å²) in [6.45, 7) is 4.92. The van der Waals surface area contributed by atoms with Gasteiger partial charge >= 0.3 is 0 Å². The molecule has 1 fully saturated rings. The Bertz CT molecular complexity index is 1180. The Morgan fingerprint density at radius 1 is 1.09 bits per heavy atom. The van der Waals surface area contributed by atoms with Crippen LogP contribution in [0.4, 0.5) is 5.69 Å². The monoisotopic (exact) mass is 451 g/mol. The van der Waals surface area contributed by atoms with Crippen LogP contribution in [0.1, 0.15) is 21.9 Å². The summed E-state index contributed by atoms with van der Waals surface area (Å²) in [7, 11) is 1.61. The number of amides is 2. The number of furan rings is 1. The largest absolute Gasteiger partial charge is 0.503 e. The number of hydrogen-bond donors (Lipinski definition) is 1. The fraction of sp³-hybridized carbons (Fsp3) is 0.375. The Kier molecular flexibility index (Phi) is 5.10. The number of ketones is 1. The molecule has 1 aromatic heterocycles. The molecule has 1 N–H and O–H groups in total. The highest BCUT2D eigenvalue weighted by molar-refractivity contribution is 6.25. The van der Waals surface area contributed by atoms with Crippen LogP contribution < -0.4 is 4.90 Å². The van der Waals surface area contributed by atoms with Gasteiger partial charge in [0.25, 0.3) is 11.8 Å². The minimum absolute atomic E-state index is 0.0314. The molecule has 5 rings (SSSR count). The van der Waals surface area contributed by atoms with Gasteiger partial charge in [-0.2, -0.15) is 0 Å². The number of aliphatic hydroxyl groups is 1. The van der Waals surface area contributed by atoms with Crippen molar-refractivity contribution in [3.05, 3.63) is 64.8 Å². The Labute approximate surface area is 190 Å². The van der Waals surface area contributed by atoms with E-state index in [1.54, 1.807) is 44.3 Å². The summed E-state index contributed by atoms with van der Waals surface area (Å²) in [4.78, 5) is 45.7. The Balaban J connectivity index is 1.64. The van der Waals surface area contributed by atoms with Gasteiger partial charge in [0, 0.05) is 44.5 Å². The maximum Gasteiger partial charge on any atom is 0.290 e. The first kappa shape index (κ1) is 21.4. The summed E-state index contributed by atoms with van der Waals surface area (Å²) in [6.07, 6.45) is 0. The van der Waals surface area contributed by atoms with Crippen molar-refractivity contribution in [2.75, 3.05) is 51.3 Å². The normalized spacial score (nSPS) is 23.2. The summed E-state index contributed by atoms with van der Waals surface area (Å²) >= 11 is 0. The summed E-state index contributed by atoms with van der Waals surface area (Å²) < 4.78 is 10.9. The van der Waals surface area contributed by atoms with Gasteiger partial charge in [0.05, 0.1) is 18.8 Å². The molecule has 0 bridgehead atoms. The zero-order valence-electron chi connectivity index (χ0n) is 18.5. The van der Waals surface area contributed by atoms with Crippen molar-refractivity contribution in [3.63, 3.8) is 0 Å². The predicted octanol–water partition coefficient (Wildman–Crippen LogP) is 1.63. The Morgan fingerprint density at radius 3 is 2.52 bits per heavy atom. The van der Waals surface area contributed by atoms with Crippen LogP contribution >= 0.6 is 0 Å². The fourth-order valence-electron chi connectivity index (χ4n) is 5.02. The average molecular weight is 451 g/mol. The highest BCUT2D eigenvalue weighted by Gasteiger charge is 2.65. The van der Waals surface area contributed by atoms with E-state index in [1.807, 2.05) is 0 Å². The number of rotatable bonds is 5. The van der Waals surface area contributed by atoms with Crippen LogP contribution in [0.15, 0.2) is 52.1 Å². The van der Waals surface area contributed by atoms with E-state index < -0.39 is 28.9 Å². The van der Waals surface area contributed by atoms with E-state index in [1.165, 1.54) is 15.9 Å². The standard InChI is InChI=1S/C24H25N3O6/c1-15-7-8-18(33-15)20(28)19-21(29)22(30)27(10-9-26-11-13-32-14-12-26)24(19)16-5-3-4-6-17(16)25(2)23(24)31/h3-8,29H,9-14H2,1-2H3/t24-/m1/s1. The number of carbonyl (C=O) groups excluding carboxylic acids is 3. The third-order valence-corrected chi connectivity index (χ3v) is 6.66. The molecular formula is C24H25N3O6. The van der Waals surface area contributed by atoms with Crippen molar-refractivity contribution in [1.29, 1.82) is 0 Å². The van der Waals surface area contributed by atoms with Crippen molar-refractivity contribution in [2.45, 2.75) is 12.5 Å². The lowest BCUT2D eigenvalue weighted by molar-refractivity contribution is -0.140. The molecule has 172 valence electrons. The van der Waals surface area contributed by atoms with Crippen LogP contribution in [0.3, 0.4) is 0 Å². The lowest BCUT2D eigenvalue weighted by Gasteiger charge is -2.37. The number of morpholine rings is 1. The maximum absolute atomic E-state index is 13.9. The molecule has 0 aliphatic carbocycles. The minimum Gasteiger partial charge on any atom is -0.503 e. The smallest absolute Gasteiger partial charge is 0.290 e. The van der Waals surface area contributed by atoms with Crippen LogP contribution in [-0.2, 0) is 19.9 Å². The topological polar surface area (TPSA) is 104 Å². The summed E-state index contributed by atoms with van der Waals surface area (Å²) in [5.41, 5.74) is -0.937. The lowest BCUT2D eigenvalue weighted by Crippen LogP contribution is -2.55. The van der Waals surface area contributed by atoms with Gasteiger partial charge in [0.2, 0.25) is 5.78 Å². The van der Waals surface area contributed by atoms with Gasteiger partial charge in [-0.1, -0.05) is 18.2 Å². The molecule has 0 unspecified atom stereocenters. The van der Waals surface area contributed by atoms with Crippen molar-refractivity contribution in [2.24, 2.45) is 0 Å². The molecule has 2 amide bonds. The van der Waals surface area contributed by atoms with E-state index in [0.29, 0.717) is 49.9 Å². The number of aryl methyl sites for hydroxylation is 1. The second-order valence-electron chi connectivity index (χ2n) is 8.47. The zero-order valence-corrected chi connectivity index (χ0v) is 18.5. The molecule has 3 aliphatic heterocycles. The number of nitrogens with zero attached hydrogens (tertiary/aromatic N) is 3. The van der Waals surface area contributed by atoms with E-state index in [2.05, 4.69) is 4.90 Å². The molecule has 9 nitrogen and oxygen atoms in total. The zero-order chi connectivity index (χ0) is 23.3. The van der Waals surface area contributed by atoms with Gasteiger partial charge in [-0.3, -0.25) is 19.3 Å². The molecule has 3 aliphatic rings. The summed E-state index contributed by atoms with van der Waals surface area (Å²) in [6, 6.07) is 10.2. The molecule has 1 atom stereocenters. The maximum atomic E-state index is 13.9. The van der Waals surface area contributed by atoms with Gasteiger partial charge in [-0.15, -0.1) is 0 Å². The third kappa shape index (κ3) is 3.03. The van der Waals surface area contributed by atoms with Crippen molar-refractivity contribution in [3.8, 4) is 0 Å². The molecule has 33 heavy (non-hydrogen) atoms. The lowest BCUT2D eigenvalue weighted by atomic mass is 9.81. The molecule has 1 spiro atoms. The molecule has 4 heterocycles. The van der Waals surface area contributed by atoms with Gasteiger partial charge < -0.3 is 24.1 Å². The van der Waals surface area contributed by atoms with E-state index >= 15 is 0 Å². The van der Waals surface area contributed by atoms with Crippen LogP contribution in [0, 0.1) is 6.92 Å². The summed E-state index contributed by atoms with van der Waals surface area (Å²) in [5.74, 6) is -2.12. The SMILES string of the molecule is Cc1ccc(C(=O)C2=C(O)C(=O)N(CCN3CCOCC3)[C@@]23C(=O)N(C)c2ccccc23)o1. The first-order valence-corrected chi connectivity index (χ1v) is 10.9. The number of para-hydroxylation sites is 1. The van der Waals surface area contributed by atoms with Crippen molar-refractivity contribution in [1.82, 2.24) is 9.80 Å². The van der Waals surface area contributed by atoms with Gasteiger partial charge in [-0.25, -0.2) is 0 Å². The first-order chi connectivity index (χ1) is 15.9. The highest BCUT2D eigenvalue weighted by atomic mass is 16.5. The average Bonchev–Trinajstić information content (AvgIpc) is 3.43. The number of likely N-dealkylation sites (N-methyl/N-ethyl adjacent to an activating group) is 1. The Hall–Kier alpha value is -3.43. The predicted molar refractivity (Wildman–Crippen MR) is 118 cm³/mol. The van der Waals surface area contributed by atoms with Crippen LogP contribution in [0.25, 0.3) is 0 Å². The van der Waals surface area contributed by atoms with Crippen molar-refractivity contribution < 1.29 is 28.6 Å². The molecule has 0 radical (unpaired) electrons. The second-order valence-corrected chi connectivity index (χ2v) is 8.47. The molecule has 0 saturated carbocycles. The number of hydrogen-bond acceptors (Lipinski definition) is 7. The van der Waals surface area contributed by atoms with Crippen LogP contribution in [-0.4, -0.2) is 78.9 Å². The van der Waals surface area contributed by atoms with Crippen LogP contribution in [0.2, 0.25) is 0 Å². The Morgan fingerprint density at radius 2 is 1.82 bits per heavy atom. The molecular weight excluding hydrogens is 426 g/mol.